The van der Waals surface area contributed by atoms with Crippen LogP contribution in [0.1, 0.15) is 21.5 Å². The van der Waals surface area contributed by atoms with Crippen LogP contribution in [0.3, 0.4) is 0 Å². The van der Waals surface area contributed by atoms with Crippen LogP contribution < -0.4 is 19.3 Å². The summed E-state index contributed by atoms with van der Waals surface area (Å²) in [5.41, 5.74) is 2.39. The van der Waals surface area contributed by atoms with E-state index in [1.54, 1.807) is 25.1 Å². The van der Waals surface area contributed by atoms with Crippen LogP contribution in [0, 0.1) is 28.9 Å². The lowest BCUT2D eigenvalue weighted by atomic mass is 9.86. The molecular formula is C30H25N3O7. The fraction of sp³-hybridized carbons (Fsp3) is 0.233. The number of fused-ring (bicyclic) bond motifs is 5. The maximum absolute atomic E-state index is 14.3. The van der Waals surface area contributed by atoms with Crippen molar-refractivity contribution in [2.45, 2.75) is 19.0 Å². The van der Waals surface area contributed by atoms with Gasteiger partial charge in [-0.05, 0) is 42.3 Å². The molecule has 0 radical (unpaired) electrons. The maximum Gasteiger partial charge on any atom is 0.271 e. The predicted octanol–water partition coefficient (Wildman–Crippen LogP) is 4.19. The number of ketones is 1. The number of benzene rings is 3. The third-order valence-electron chi connectivity index (χ3n) is 8.00. The molecule has 3 aromatic carbocycles. The van der Waals surface area contributed by atoms with E-state index in [1.165, 1.54) is 32.4 Å². The number of Topliss-reactive ketones (excluding diaryl/α,β-unsaturated/α-hetero) is 1. The molecule has 4 atom stereocenters. The van der Waals surface area contributed by atoms with Crippen LogP contribution in [0.2, 0.25) is 0 Å². The summed E-state index contributed by atoms with van der Waals surface area (Å²) in [6.07, 6.45) is 3.76. The number of non-ortho nitro benzene ring substituents is 1. The van der Waals surface area contributed by atoms with E-state index in [0.29, 0.717) is 22.6 Å². The lowest BCUT2D eigenvalue weighted by Crippen LogP contribution is -2.49. The van der Waals surface area contributed by atoms with Gasteiger partial charge < -0.3 is 14.4 Å². The van der Waals surface area contributed by atoms with Crippen LogP contribution >= 0.6 is 0 Å². The van der Waals surface area contributed by atoms with Crippen molar-refractivity contribution in [2.24, 2.45) is 11.8 Å². The minimum Gasteiger partial charge on any atom is -0.493 e. The minimum atomic E-state index is -1.01. The van der Waals surface area contributed by atoms with Gasteiger partial charge in [0.05, 0.1) is 42.7 Å². The standard InChI is InChI=1S/C30H25N3O7/c1-16-8-11-19(33(37)38)15-22(16)32-29(35)25-21-12-9-17-6-4-5-7-20(17)31(21)27(26(25)30(32)36)28(34)18-10-13-23(39-2)24(14-18)40-3/h4-15,21,25-27H,1-3H3. The summed E-state index contributed by atoms with van der Waals surface area (Å²) < 4.78 is 10.7. The molecule has 2 saturated heterocycles. The molecule has 10 nitrogen and oxygen atoms in total. The number of nitro benzene ring substituents is 1. The Labute approximate surface area is 229 Å². The van der Waals surface area contributed by atoms with Crippen molar-refractivity contribution in [1.29, 1.82) is 0 Å². The first-order valence-electron chi connectivity index (χ1n) is 12.7. The zero-order valence-electron chi connectivity index (χ0n) is 21.9. The quantitative estimate of drug-likeness (QED) is 0.198. The Balaban J connectivity index is 1.50. The Morgan fingerprint density at radius 2 is 1.62 bits per heavy atom. The zero-order valence-corrected chi connectivity index (χ0v) is 21.9. The van der Waals surface area contributed by atoms with Gasteiger partial charge in [0, 0.05) is 23.4 Å². The number of anilines is 2. The summed E-state index contributed by atoms with van der Waals surface area (Å²) >= 11 is 0. The summed E-state index contributed by atoms with van der Waals surface area (Å²) in [6, 6.07) is 14.8. The third kappa shape index (κ3) is 3.59. The normalized spacial score (nSPS) is 22.6. The van der Waals surface area contributed by atoms with Crippen LogP contribution in [0.25, 0.3) is 6.08 Å². The van der Waals surface area contributed by atoms with E-state index in [4.69, 9.17) is 9.47 Å². The molecule has 0 spiro atoms. The van der Waals surface area contributed by atoms with Gasteiger partial charge in [0.1, 0.15) is 6.04 Å². The molecule has 202 valence electrons. The monoisotopic (exact) mass is 539 g/mol. The SMILES string of the molecule is COc1ccc(C(=O)C2C3C(=O)N(c4cc([N+](=O)[O-])ccc4C)C(=O)C3C3C=Cc4ccccc4N32)cc1OC. The summed E-state index contributed by atoms with van der Waals surface area (Å²) in [6.45, 7) is 1.68. The number of rotatable bonds is 6. The number of carbonyl (C=O) groups is 3. The van der Waals surface area contributed by atoms with Gasteiger partial charge in [-0.1, -0.05) is 36.4 Å². The molecule has 0 bridgehead atoms. The fourth-order valence-electron chi connectivity index (χ4n) is 6.16. The summed E-state index contributed by atoms with van der Waals surface area (Å²) in [5.74, 6) is -2.44. The Morgan fingerprint density at radius 3 is 2.35 bits per heavy atom. The molecular weight excluding hydrogens is 514 g/mol. The molecule has 0 aliphatic carbocycles. The number of hydrogen-bond acceptors (Lipinski definition) is 8. The fourth-order valence-corrected chi connectivity index (χ4v) is 6.16. The van der Waals surface area contributed by atoms with Crippen molar-refractivity contribution in [3.8, 4) is 11.5 Å². The van der Waals surface area contributed by atoms with Crippen molar-refractivity contribution in [3.05, 3.63) is 93.5 Å². The second-order valence-electron chi connectivity index (χ2n) is 9.99. The Hall–Kier alpha value is -4.99. The van der Waals surface area contributed by atoms with E-state index in [-0.39, 0.29) is 17.2 Å². The van der Waals surface area contributed by atoms with Crippen LogP contribution in [0.4, 0.5) is 17.1 Å². The van der Waals surface area contributed by atoms with Crippen molar-refractivity contribution < 1.29 is 28.8 Å². The van der Waals surface area contributed by atoms with Gasteiger partial charge in [-0.3, -0.25) is 24.5 Å². The smallest absolute Gasteiger partial charge is 0.271 e. The van der Waals surface area contributed by atoms with E-state index in [1.807, 2.05) is 41.3 Å². The number of carbonyl (C=O) groups excluding carboxylic acids is 3. The molecule has 40 heavy (non-hydrogen) atoms. The number of nitro groups is 1. The highest BCUT2D eigenvalue weighted by Gasteiger charge is 2.64. The number of para-hydroxylation sites is 1. The highest BCUT2D eigenvalue weighted by Crippen LogP contribution is 2.50. The Morgan fingerprint density at radius 1 is 0.900 bits per heavy atom. The van der Waals surface area contributed by atoms with E-state index in [2.05, 4.69) is 0 Å². The molecule has 3 aliphatic heterocycles. The first kappa shape index (κ1) is 25.3. The lowest BCUT2D eigenvalue weighted by Gasteiger charge is -2.36. The summed E-state index contributed by atoms with van der Waals surface area (Å²) in [7, 11) is 2.97. The predicted molar refractivity (Wildman–Crippen MR) is 147 cm³/mol. The van der Waals surface area contributed by atoms with Gasteiger partial charge in [0.2, 0.25) is 11.8 Å². The molecule has 10 heteroatoms. The number of aryl methyl sites for hydroxylation is 1. The maximum atomic E-state index is 14.3. The largest absolute Gasteiger partial charge is 0.493 e. The molecule has 0 N–H and O–H groups in total. The molecule has 4 unspecified atom stereocenters. The van der Waals surface area contributed by atoms with Crippen LogP contribution in [-0.4, -0.2) is 48.8 Å². The van der Waals surface area contributed by atoms with Gasteiger partial charge >= 0.3 is 0 Å². The number of amides is 2. The third-order valence-corrected chi connectivity index (χ3v) is 8.00. The van der Waals surface area contributed by atoms with Gasteiger partial charge in [0.15, 0.2) is 17.3 Å². The van der Waals surface area contributed by atoms with Gasteiger partial charge in [-0.15, -0.1) is 0 Å². The number of hydrogen-bond donors (Lipinski definition) is 0. The summed E-state index contributed by atoms with van der Waals surface area (Å²) in [4.78, 5) is 56.3. The van der Waals surface area contributed by atoms with Gasteiger partial charge in [-0.25, -0.2) is 4.90 Å². The molecule has 0 saturated carbocycles. The topological polar surface area (TPSA) is 119 Å². The molecule has 2 amide bonds. The second-order valence-corrected chi connectivity index (χ2v) is 9.99. The first-order chi connectivity index (χ1) is 19.3. The molecule has 3 heterocycles. The van der Waals surface area contributed by atoms with Gasteiger partial charge in [0.25, 0.3) is 5.69 Å². The average molecular weight is 540 g/mol. The first-order valence-corrected chi connectivity index (χ1v) is 12.7. The van der Waals surface area contributed by atoms with Gasteiger partial charge in [-0.2, -0.15) is 0 Å². The van der Waals surface area contributed by atoms with Crippen molar-refractivity contribution in [3.63, 3.8) is 0 Å². The Bertz CT molecular complexity index is 1630. The molecule has 0 aromatic heterocycles. The number of imide groups is 1. The van der Waals surface area contributed by atoms with E-state index in [0.717, 1.165) is 16.2 Å². The highest BCUT2D eigenvalue weighted by atomic mass is 16.6. The lowest BCUT2D eigenvalue weighted by molar-refractivity contribution is -0.384. The van der Waals surface area contributed by atoms with Crippen LogP contribution in [-0.2, 0) is 9.59 Å². The average Bonchev–Trinajstić information content (AvgIpc) is 3.44. The summed E-state index contributed by atoms with van der Waals surface area (Å²) in [5, 5.41) is 11.5. The number of ether oxygens (including phenoxy) is 2. The highest BCUT2D eigenvalue weighted by molar-refractivity contribution is 6.26. The molecule has 2 fully saturated rings. The van der Waals surface area contributed by atoms with Crippen LogP contribution in [0.5, 0.6) is 11.5 Å². The molecule has 6 rings (SSSR count). The molecule has 3 aliphatic rings. The van der Waals surface area contributed by atoms with Crippen molar-refractivity contribution in [1.82, 2.24) is 0 Å². The van der Waals surface area contributed by atoms with Crippen LogP contribution in [0.15, 0.2) is 66.7 Å². The van der Waals surface area contributed by atoms with Crippen molar-refractivity contribution >= 4 is 40.7 Å². The van der Waals surface area contributed by atoms with E-state index in [9.17, 15) is 24.5 Å². The van der Waals surface area contributed by atoms with E-state index < -0.39 is 40.7 Å². The zero-order chi connectivity index (χ0) is 28.3. The van der Waals surface area contributed by atoms with E-state index >= 15 is 0 Å². The Kier molecular flexibility index (Phi) is 5.90. The number of methoxy groups -OCH3 is 2. The minimum absolute atomic E-state index is 0.155. The van der Waals surface area contributed by atoms with Crippen molar-refractivity contribution in [2.75, 3.05) is 24.0 Å². The molecule has 3 aromatic rings. The second kappa shape index (κ2) is 9.33. The number of nitrogens with zero attached hydrogens (tertiary/aromatic N) is 3.